The van der Waals surface area contributed by atoms with E-state index in [0.29, 0.717) is 24.5 Å². The van der Waals surface area contributed by atoms with E-state index in [1.54, 1.807) is 0 Å². The molecule has 0 spiro atoms. The second-order valence-electron chi connectivity index (χ2n) is 8.58. The number of Topliss-reactive ketones (excluding diaryl/α,β-unsaturated/α-hetero) is 1. The van der Waals surface area contributed by atoms with Crippen LogP contribution in [0.1, 0.15) is 86.1 Å². The van der Waals surface area contributed by atoms with Crippen molar-refractivity contribution in [2.24, 2.45) is 11.3 Å². The van der Waals surface area contributed by atoms with Gasteiger partial charge in [-0.25, -0.2) is 0 Å². The summed E-state index contributed by atoms with van der Waals surface area (Å²) in [6.45, 7) is 19.7. The Labute approximate surface area is 201 Å². The van der Waals surface area contributed by atoms with Crippen molar-refractivity contribution in [1.29, 1.82) is 0 Å². The van der Waals surface area contributed by atoms with Gasteiger partial charge in [0.15, 0.2) is 9.80 Å². The highest BCUT2D eigenvalue weighted by Crippen LogP contribution is 2.39. The predicted octanol–water partition coefficient (Wildman–Crippen LogP) is 8.03. The normalized spacial score (nSPS) is 13.1. The third kappa shape index (κ3) is 9.11. The summed E-state index contributed by atoms with van der Waals surface area (Å²) in [5, 5.41) is 7.00. The van der Waals surface area contributed by atoms with Gasteiger partial charge in [-0.1, -0.05) is 52.8 Å². The second kappa shape index (κ2) is 16.1. The third-order valence-electron chi connectivity index (χ3n) is 6.44. The SMILES string of the molecule is C=C(/C=C\C)[S+](/C(C)=C/CC)c1cccc(CCC(=O)CC(CC)(CC)C(C)C)c1.CO. The first-order chi connectivity index (χ1) is 15.2. The Morgan fingerprint density at radius 3 is 2.31 bits per heavy atom. The van der Waals surface area contributed by atoms with Gasteiger partial charge in [-0.05, 0) is 80.4 Å². The van der Waals surface area contributed by atoms with Crippen LogP contribution in [0.25, 0.3) is 0 Å². The van der Waals surface area contributed by atoms with Crippen LogP contribution in [0.4, 0.5) is 0 Å². The first-order valence-corrected chi connectivity index (χ1v) is 13.2. The molecule has 180 valence electrons. The quantitative estimate of drug-likeness (QED) is 0.239. The molecule has 0 aliphatic heterocycles. The Balaban J connectivity index is 0.00000466. The number of aliphatic hydroxyl groups is 1. The number of carbonyl (C=O) groups is 1. The Hall–Kier alpha value is -1.58. The Morgan fingerprint density at radius 1 is 1.19 bits per heavy atom. The number of aliphatic hydroxyl groups excluding tert-OH is 1. The smallest absolute Gasteiger partial charge is 0.166 e. The van der Waals surface area contributed by atoms with Crippen LogP contribution in [0.5, 0.6) is 0 Å². The van der Waals surface area contributed by atoms with Gasteiger partial charge in [0.2, 0.25) is 0 Å². The summed E-state index contributed by atoms with van der Waals surface area (Å²) >= 11 is 0. The van der Waals surface area contributed by atoms with E-state index in [9.17, 15) is 4.79 Å². The summed E-state index contributed by atoms with van der Waals surface area (Å²) in [6.07, 6.45) is 11.8. The molecule has 1 rings (SSSR count). The number of hydrogen-bond acceptors (Lipinski definition) is 2. The third-order valence-corrected chi connectivity index (χ3v) is 8.63. The Bertz CT molecular complexity index is 752. The van der Waals surface area contributed by atoms with E-state index in [0.717, 1.165) is 37.7 Å². The van der Waals surface area contributed by atoms with Crippen molar-refractivity contribution in [3.05, 3.63) is 64.4 Å². The topological polar surface area (TPSA) is 37.3 Å². The average molecular weight is 460 g/mol. The zero-order valence-corrected chi connectivity index (χ0v) is 22.6. The van der Waals surface area contributed by atoms with Gasteiger partial charge in [-0.15, -0.1) is 0 Å². The molecule has 0 aliphatic carbocycles. The van der Waals surface area contributed by atoms with Crippen molar-refractivity contribution < 1.29 is 9.90 Å². The van der Waals surface area contributed by atoms with Gasteiger partial charge in [0.05, 0.1) is 10.9 Å². The molecule has 0 saturated heterocycles. The molecule has 1 unspecified atom stereocenters. The molecular formula is C29H47O2S+. The minimum atomic E-state index is -0.132. The van der Waals surface area contributed by atoms with Crippen molar-refractivity contribution in [2.75, 3.05) is 7.11 Å². The number of carbonyl (C=O) groups excluding carboxylic acids is 1. The molecule has 0 amide bonds. The molecular weight excluding hydrogens is 412 g/mol. The van der Waals surface area contributed by atoms with Gasteiger partial charge >= 0.3 is 0 Å². The highest BCUT2D eigenvalue weighted by atomic mass is 32.2. The summed E-state index contributed by atoms with van der Waals surface area (Å²) < 4.78 is 0. The molecule has 0 aromatic heterocycles. The number of aryl methyl sites for hydroxylation is 1. The fourth-order valence-electron chi connectivity index (χ4n) is 4.28. The molecule has 0 bridgehead atoms. The second-order valence-corrected chi connectivity index (χ2v) is 10.8. The minimum Gasteiger partial charge on any atom is -0.400 e. The van der Waals surface area contributed by atoms with Gasteiger partial charge in [-0.3, -0.25) is 4.79 Å². The maximum Gasteiger partial charge on any atom is 0.166 e. The first kappa shape index (κ1) is 30.4. The summed E-state index contributed by atoms with van der Waals surface area (Å²) in [6, 6.07) is 8.78. The summed E-state index contributed by atoms with van der Waals surface area (Å²) in [4.78, 5) is 16.6. The van der Waals surface area contributed by atoms with Crippen molar-refractivity contribution >= 4 is 16.7 Å². The van der Waals surface area contributed by atoms with Crippen LogP contribution in [-0.4, -0.2) is 18.0 Å². The molecule has 0 heterocycles. The Kier molecular flexibility index (Phi) is 15.3. The number of hydrogen-bond donors (Lipinski definition) is 1. The first-order valence-electron chi connectivity index (χ1n) is 12.0. The van der Waals surface area contributed by atoms with E-state index in [4.69, 9.17) is 5.11 Å². The number of allylic oxidation sites excluding steroid dienone is 4. The lowest BCUT2D eigenvalue weighted by molar-refractivity contribution is -0.122. The molecule has 0 aliphatic rings. The summed E-state index contributed by atoms with van der Waals surface area (Å²) in [5.41, 5.74) is 1.40. The molecule has 2 nitrogen and oxygen atoms in total. The van der Waals surface area contributed by atoms with Gasteiger partial charge in [0.25, 0.3) is 0 Å². The maximum atomic E-state index is 12.8. The zero-order chi connectivity index (χ0) is 24.7. The van der Waals surface area contributed by atoms with E-state index >= 15 is 0 Å². The highest BCUT2D eigenvalue weighted by molar-refractivity contribution is 8.04. The van der Waals surface area contributed by atoms with Crippen LogP contribution in [0.3, 0.4) is 0 Å². The molecule has 0 radical (unpaired) electrons. The highest BCUT2D eigenvalue weighted by Gasteiger charge is 2.32. The largest absolute Gasteiger partial charge is 0.400 e. The molecule has 32 heavy (non-hydrogen) atoms. The standard InChI is InChI=1S/C28H43OS.CH4O/c1-9-14-23(7)30(24(8)15-10-2)27-17-13-16-25(20-27)18-19-26(29)21-28(11-3,12-4)22(5)6;1-2/h9,13-17,20,22H,7,10-12,18-19,21H2,1-6,8H3;2H,1H3/q+1;/b14-9-,24-15+;. The Morgan fingerprint density at radius 2 is 1.81 bits per heavy atom. The lowest BCUT2D eigenvalue weighted by Gasteiger charge is -2.35. The molecule has 1 atom stereocenters. The van der Waals surface area contributed by atoms with Gasteiger partial charge in [0.1, 0.15) is 10.7 Å². The van der Waals surface area contributed by atoms with Crippen LogP contribution < -0.4 is 0 Å². The lowest BCUT2D eigenvalue weighted by Crippen LogP contribution is -2.29. The molecule has 0 fully saturated rings. The van der Waals surface area contributed by atoms with E-state index in [1.807, 2.05) is 6.92 Å². The fraction of sp³-hybridized carbons (Fsp3) is 0.552. The van der Waals surface area contributed by atoms with Crippen molar-refractivity contribution in [3.63, 3.8) is 0 Å². The van der Waals surface area contributed by atoms with E-state index in [1.165, 1.54) is 15.4 Å². The summed E-state index contributed by atoms with van der Waals surface area (Å²) in [7, 11) is 0.868. The monoisotopic (exact) mass is 459 g/mol. The average Bonchev–Trinajstić information content (AvgIpc) is 2.78. The fourth-order valence-corrected chi connectivity index (χ4v) is 6.46. The molecule has 1 N–H and O–H groups in total. The summed E-state index contributed by atoms with van der Waals surface area (Å²) in [5.74, 6) is 0.935. The van der Waals surface area contributed by atoms with E-state index < -0.39 is 0 Å². The molecule has 1 aromatic carbocycles. The van der Waals surface area contributed by atoms with Crippen LogP contribution >= 0.6 is 0 Å². The van der Waals surface area contributed by atoms with E-state index in [-0.39, 0.29) is 16.3 Å². The number of ketones is 1. The van der Waals surface area contributed by atoms with Crippen LogP contribution in [0, 0.1) is 11.3 Å². The van der Waals surface area contributed by atoms with Crippen LogP contribution in [0.15, 0.2) is 63.8 Å². The molecule has 0 saturated carbocycles. The zero-order valence-electron chi connectivity index (χ0n) is 21.8. The van der Waals surface area contributed by atoms with Crippen molar-refractivity contribution in [3.8, 4) is 0 Å². The van der Waals surface area contributed by atoms with Gasteiger partial charge in [0, 0.05) is 26.9 Å². The van der Waals surface area contributed by atoms with Crippen molar-refractivity contribution in [2.45, 2.75) is 91.9 Å². The number of benzene rings is 1. The van der Waals surface area contributed by atoms with Gasteiger partial charge in [-0.2, -0.15) is 0 Å². The van der Waals surface area contributed by atoms with Crippen molar-refractivity contribution in [1.82, 2.24) is 0 Å². The van der Waals surface area contributed by atoms with Crippen LogP contribution in [-0.2, 0) is 22.1 Å². The molecule has 1 aromatic rings. The maximum absolute atomic E-state index is 12.8. The van der Waals surface area contributed by atoms with E-state index in [2.05, 4.69) is 90.6 Å². The molecule has 3 heteroatoms. The van der Waals surface area contributed by atoms with Crippen LogP contribution in [0.2, 0.25) is 0 Å². The van der Waals surface area contributed by atoms with Gasteiger partial charge < -0.3 is 5.11 Å². The predicted molar refractivity (Wildman–Crippen MR) is 144 cm³/mol. The minimum absolute atomic E-state index is 0.132. The lowest BCUT2D eigenvalue weighted by atomic mass is 9.69. The number of rotatable bonds is 13.